The number of aliphatic hydroxyl groups excluding tert-OH is 1. The van der Waals surface area contributed by atoms with Gasteiger partial charge in [-0.1, -0.05) is 43.7 Å². The number of aliphatic hydroxyl groups is 1. The number of carbonyl (C=O) groups is 1. The van der Waals surface area contributed by atoms with Gasteiger partial charge in [0.2, 0.25) is 0 Å². The first kappa shape index (κ1) is 14.9. The molecule has 0 unspecified atom stereocenters. The van der Waals surface area contributed by atoms with Crippen LogP contribution in [0.4, 0.5) is 4.79 Å². The number of rotatable bonds is 5. The van der Waals surface area contributed by atoms with Crippen molar-refractivity contribution in [1.29, 1.82) is 0 Å². The van der Waals surface area contributed by atoms with Crippen LogP contribution >= 0.6 is 0 Å². The van der Waals surface area contributed by atoms with Crippen LogP contribution in [0.2, 0.25) is 0 Å². The number of hydrogen-bond donors (Lipinski definition) is 1. The average Bonchev–Trinajstić information content (AvgIpc) is 2.89. The van der Waals surface area contributed by atoms with Crippen LogP contribution < -0.4 is 0 Å². The SMILES string of the molecule is CCC[C@@H]1CC[C@H](CO)N1C(=O)OCc1ccccc1. The van der Waals surface area contributed by atoms with Gasteiger partial charge in [-0.2, -0.15) is 0 Å². The number of carbonyl (C=O) groups excluding carboxylic acids is 1. The first-order valence-corrected chi connectivity index (χ1v) is 7.36. The number of amides is 1. The molecule has 1 fully saturated rings. The highest BCUT2D eigenvalue weighted by molar-refractivity contribution is 5.69. The van der Waals surface area contributed by atoms with E-state index < -0.39 is 0 Å². The summed E-state index contributed by atoms with van der Waals surface area (Å²) in [4.78, 5) is 14.0. The van der Waals surface area contributed by atoms with Crippen molar-refractivity contribution in [2.24, 2.45) is 0 Å². The third-order valence-corrected chi connectivity index (χ3v) is 3.87. The second-order valence-electron chi connectivity index (χ2n) is 5.30. The standard InChI is InChI=1S/C16H23NO3/c1-2-6-14-9-10-15(11-18)17(14)16(19)20-12-13-7-4-3-5-8-13/h3-5,7-8,14-15,18H,2,6,9-12H2,1H3/t14-,15-/m1/s1. The van der Waals surface area contributed by atoms with Crippen molar-refractivity contribution < 1.29 is 14.6 Å². The predicted molar refractivity (Wildman–Crippen MR) is 77.3 cm³/mol. The molecule has 0 aromatic heterocycles. The van der Waals surface area contributed by atoms with Crippen LogP contribution in [0.25, 0.3) is 0 Å². The summed E-state index contributed by atoms with van der Waals surface area (Å²) in [7, 11) is 0. The summed E-state index contributed by atoms with van der Waals surface area (Å²) < 4.78 is 5.40. The highest BCUT2D eigenvalue weighted by Gasteiger charge is 2.36. The van der Waals surface area contributed by atoms with Crippen LogP contribution in [0, 0.1) is 0 Å². The summed E-state index contributed by atoms with van der Waals surface area (Å²) in [5.41, 5.74) is 0.979. The Morgan fingerprint density at radius 3 is 2.65 bits per heavy atom. The van der Waals surface area contributed by atoms with E-state index in [0.29, 0.717) is 0 Å². The van der Waals surface area contributed by atoms with E-state index in [1.165, 1.54) is 0 Å². The topological polar surface area (TPSA) is 49.8 Å². The molecule has 1 N–H and O–H groups in total. The number of benzene rings is 1. The Morgan fingerprint density at radius 2 is 2.00 bits per heavy atom. The Hall–Kier alpha value is -1.55. The van der Waals surface area contributed by atoms with Crippen LogP contribution in [0.3, 0.4) is 0 Å². The van der Waals surface area contributed by atoms with E-state index in [1.54, 1.807) is 4.90 Å². The summed E-state index contributed by atoms with van der Waals surface area (Å²) in [6.07, 6.45) is 3.52. The molecule has 0 radical (unpaired) electrons. The fraction of sp³-hybridized carbons (Fsp3) is 0.562. The minimum atomic E-state index is -0.302. The molecule has 1 amide bonds. The molecule has 0 saturated carbocycles. The smallest absolute Gasteiger partial charge is 0.410 e. The van der Waals surface area contributed by atoms with Gasteiger partial charge in [0.1, 0.15) is 6.61 Å². The maximum absolute atomic E-state index is 12.3. The number of hydrogen-bond acceptors (Lipinski definition) is 3. The molecule has 0 spiro atoms. The van der Waals surface area contributed by atoms with E-state index >= 15 is 0 Å². The Kier molecular flexibility index (Phi) is 5.41. The minimum absolute atomic E-state index is 0.0145. The van der Waals surface area contributed by atoms with Crippen molar-refractivity contribution in [2.45, 2.75) is 51.3 Å². The predicted octanol–water partition coefficient (Wildman–Crippen LogP) is 2.95. The molecule has 2 atom stereocenters. The van der Waals surface area contributed by atoms with Gasteiger partial charge in [-0.25, -0.2) is 4.79 Å². The summed E-state index contributed by atoms with van der Waals surface area (Å²) in [5, 5.41) is 9.41. The summed E-state index contributed by atoms with van der Waals surface area (Å²) in [6.45, 7) is 2.41. The molecule has 1 aliphatic rings. The zero-order chi connectivity index (χ0) is 14.4. The lowest BCUT2D eigenvalue weighted by atomic mass is 10.1. The van der Waals surface area contributed by atoms with Gasteiger partial charge >= 0.3 is 6.09 Å². The summed E-state index contributed by atoms with van der Waals surface area (Å²) in [5.74, 6) is 0. The Morgan fingerprint density at radius 1 is 1.30 bits per heavy atom. The van der Waals surface area contributed by atoms with Gasteiger partial charge in [-0.15, -0.1) is 0 Å². The van der Waals surface area contributed by atoms with Crippen molar-refractivity contribution in [3.05, 3.63) is 35.9 Å². The summed E-state index contributed by atoms with van der Waals surface area (Å²) in [6, 6.07) is 9.78. The van der Waals surface area contributed by atoms with Gasteiger partial charge in [0.15, 0.2) is 0 Å². The van der Waals surface area contributed by atoms with Gasteiger partial charge in [0.05, 0.1) is 12.6 Å². The van der Waals surface area contributed by atoms with Gasteiger partial charge in [0.25, 0.3) is 0 Å². The Bertz CT molecular complexity index is 421. The molecular formula is C16H23NO3. The molecule has 1 aromatic rings. The molecule has 2 rings (SSSR count). The van der Waals surface area contributed by atoms with E-state index in [9.17, 15) is 9.90 Å². The Labute approximate surface area is 120 Å². The van der Waals surface area contributed by atoms with Gasteiger partial charge < -0.3 is 9.84 Å². The van der Waals surface area contributed by atoms with Crippen LogP contribution in [-0.2, 0) is 11.3 Å². The molecule has 20 heavy (non-hydrogen) atoms. The number of nitrogens with zero attached hydrogens (tertiary/aromatic N) is 1. The zero-order valence-electron chi connectivity index (χ0n) is 12.0. The monoisotopic (exact) mass is 277 g/mol. The van der Waals surface area contributed by atoms with E-state index in [-0.39, 0.29) is 31.4 Å². The van der Waals surface area contributed by atoms with E-state index in [1.807, 2.05) is 30.3 Å². The van der Waals surface area contributed by atoms with Crippen LogP contribution in [0.1, 0.15) is 38.2 Å². The number of ether oxygens (including phenoxy) is 1. The molecular weight excluding hydrogens is 254 g/mol. The maximum Gasteiger partial charge on any atom is 0.410 e. The van der Waals surface area contributed by atoms with Crippen LogP contribution in [0.5, 0.6) is 0 Å². The van der Waals surface area contributed by atoms with Gasteiger partial charge in [0, 0.05) is 6.04 Å². The van der Waals surface area contributed by atoms with Gasteiger partial charge in [-0.3, -0.25) is 4.90 Å². The van der Waals surface area contributed by atoms with E-state index in [2.05, 4.69) is 6.92 Å². The van der Waals surface area contributed by atoms with Crippen molar-refractivity contribution in [1.82, 2.24) is 4.90 Å². The second-order valence-corrected chi connectivity index (χ2v) is 5.30. The molecule has 1 aliphatic heterocycles. The first-order valence-electron chi connectivity index (χ1n) is 7.36. The number of likely N-dealkylation sites (tertiary alicyclic amines) is 1. The first-order chi connectivity index (χ1) is 9.76. The lowest BCUT2D eigenvalue weighted by molar-refractivity contribution is 0.0635. The largest absolute Gasteiger partial charge is 0.445 e. The normalized spacial score (nSPS) is 22.0. The molecule has 1 saturated heterocycles. The summed E-state index contributed by atoms with van der Waals surface area (Å²) >= 11 is 0. The van der Waals surface area contributed by atoms with Gasteiger partial charge in [-0.05, 0) is 24.8 Å². The van der Waals surface area contributed by atoms with Crippen molar-refractivity contribution in [2.75, 3.05) is 6.61 Å². The molecule has 110 valence electrons. The molecule has 1 aromatic carbocycles. The lowest BCUT2D eigenvalue weighted by Gasteiger charge is -2.28. The van der Waals surface area contributed by atoms with E-state index in [0.717, 1.165) is 31.2 Å². The van der Waals surface area contributed by atoms with Crippen LogP contribution in [0.15, 0.2) is 30.3 Å². The molecule has 4 nitrogen and oxygen atoms in total. The fourth-order valence-electron chi connectivity index (χ4n) is 2.85. The maximum atomic E-state index is 12.3. The van der Waals surface area contributed by atoms with Crippen LogP contribution in [-0.4, -0.2) is 34.8 Å². The fourth-order valence-corrected chi connectivity index (χ4v) is 2.85. The second kappa shape index (κ2) is 7.29. The molecule has 4 heteroatoms. The molecule has 1 heterocycles. The highest BCUT2D eigenvalue weighted by atomic mass is 16.6. The third kappa shape index (κ3) is 3.51. The minimum Gasteiger partial charge on any atom is -0.445 e. The van der Waals surface area contributed by atoms with Crippen molar-refractivity contribution in [3.63, 3.8) is 0 Å². The van der Waals surface area contributed by atoms with Crippen molar-refractivity contribution >= 4 is 6.09 Å². The lowest BCUT2D eigenvalue weighted by Crippen LogP contribution is -2.43. The third-order valence-electron chi connectivity index (χ3n) is 3.87. The Balaban J connectivity index is 1.94. The average molecular weight is 277 g/mol. The molecule has 0 aliphatic carbocycles. The quantitative estimate of drug-likeness (QED) is 0.900. The zero-order valence-corrected chi connectivity index (χ0v) is 12.0. The van der Waals surface area contributed by atoms with E-state index in [4.69, 9.17) is 4.74 Å². The highest BCUT2D eigenvalue weighted by Crippen LogP contribution is 2.28. The van der Waals surface area contributed by atoms with Crippen molar-refractivity contribution in [3.8, 4) is 0 Å². The molecule has 0 bridgehead atoms.